The Hall–Kier alpha value is -0.670. The summed E-state index contributed by atoms with van der Waals surface area (Å²) in [6, 6.07) is 2.43. The van der Waals surface area contributed by atoms with E-state index in [0.29, 0.717) is 0 Å². The molecule has 3 heteroatoms. The van der Waals surface area contributed by atoms with Crippen LogP contribution in [0.25, 0.3) is 4.91 Å². The standard InChI is InChI=1S/C31H52OS2/c1-10-28-30(33-9)29-27(21-26(8)34-29)31(32-28,19-17-24(6)15-11-13-22(2)3)20-18-25(7)16-12-14-23(4)5/h10,21-25H,1,11-20H2,2-9H3. The summed E-state index contributed by atoms with van der Waals surface area (Å²) in [5, 5.41) is 0. The highest BCUT2D eigenvalue weighted by Gasteiger charge is 2.42. The van der Waals surface area contributed by atoms with E-state index in [1.54, 1.807) is 11.8 Å². The van der Waals surface area contributed by atoms with Crippen molar-refractivity contribution in [1.29, 1.82) is 0 Å². The highest BCUT2D eigenvalue weighted by Crippen LogP contribution is 2.52. The third-order valence-corrected chi connectivity index (χ3v) is 9.52. The molecule has 0 bridgehead atoms. The molecule has 1 aromatic heterocycles. The number of thioether (sulfide) groups is 1. The fourth-order valence-electron chi connectivity index (χ4n) is 5.27. The van der Waals surface area contributed by atoms with E-state index in [1.165, 1.54) is 71.6 Å². The van der Waals surface area contributed by atoms with Gasteiger partial charge in [-0.3, -0.25) is 0 Å². The summed E-state index contributed by atoms with van der Waals surface area (Å²) in [4.78, 5) is 4.10. The lowest BCUT2D eigenvalue weighted by atomic mass is 9.78. The zero-order valence-corrected chi connectivity index (χ0v) is 25.1. The van der Waals surface area contributed by atoms with Crippen molar-refractivity contribution in [3.63, 3.8) is 0 Å². The van der Waals surface area contributed by atoms with Crippen LogP contribution in [0.1, 0.15) is 121 Å². The van der Waals surface area contributed by atoms with E-state index in [2.05, 4.69) is 67.4 Å². The van der Waals surface area contributed by atoms with Crippen LogP contribution in [-0.4, -0.2) is 6.26 Å². The highest BCUT2D eigenvalue weighted by molar-refractivity contribution is 8.07. The summed E-state index contributed by atoms with van der Waals surface area (Å²) < 4.78 is 7.00. The van der Waals surface area contributed by atoms with Gasteiger partial charge in [0.25, 0.3) is 0 Å². The SMILES string of the molecule is C=CC1=C(SC)c2sc(C)cc2C(CCC(C)CCCC(C)C)(CCC(C)CCCC(C)C)O1. The molecule has 34 heavy (non-hydrogen) atoms. The van der Waals surface area contributed by atoms with Gasteiger partial charge in [-0.15, -0.1) is 23.1 Å². The summed E-state index contributed by atoms with van der Waals surface area (Å²) in [6.07, 6.45) is 16.8. The van der Waals surface area contributed by atoms with Crippen molar-refractivity contribution in [3.05, 3.63) is 39.8 Å². The van der Waals surface area contributed by atoms with Gasteiger partial charge in [-0.05, 0) is 74.7 Å². The third-order valence-electron chi connectivity index (χ3n) is 7.51. The van der Waals surface area contributed by atoms with Gasteiger partial charge in [0, 0.05) is 10.4 Å². The summed E-state index contributed by atoms with van der Waals surface area (Å²) in [7, 11) is 0. The third kappa shape index (κ3) is 8.47. The molecule has 0 fully saturated rings. The molecule has 2 heterocycles. The number of ether oxygens (including phenoxy) is 1. The zero-order chi connectivity index (χ0) is 25.3. The normalized spacial score (nSPS) is 19.9. The molecule has 194 valence electrons. The number of fused-ring (bicyclic) bond motifs is 1. The van der Waals surface area contributed by atoms with Crippen LogP contribution in [0.4, 0.5) is 0 Å². The van der Waals surface area contributed by atoms with E-state index >= 15 is 0 Å². The molecule has 0 N–H and O–H groups in total. The van der Waals surface area contributed by atoms with E-state index in [9.17, 15) is 0 Å². The highest BCUT2D eigenvalue weighted by atomic mass is 32.2. The van der Waals surface area contributed by atoms with E-state index in [4.69, 9.17) is 4.74 Å². The molecule has 0 aromatic carbocycles. The Bertz CT molecular complexity index is 761. The molecule has 1 nitrogen and oxygen atoms in total. The largest absolute Gasteiger partial charge is 0.481 e. The minimum atomic E-state index is -0.207. The van der Waals surface area contributed by atoms with Gasteiger partial charge >= 0.3 is 0 Å². The lowest BCUT2D eigenvalue weighted by molar-refractivity contribution is -0.0235. The Morgan fingerprint density at radius 3 is 1.88 bits per heavy atom. The maximum atomic E-state index is 7.00. The van der Waals surface area contributed by atoms with Gasteiger partial charge in [-0.25, -0.2) is 0 Å². The Kier molecular flexibility index (Phi) is 12.3. The van der Waals surface area contributed by atoms with Crippen molar-refractivity contribution in [3.8, 4) is 0 Å². The molecule has 1 aromatic rings. The topological polar surface area (TPSA) is 9.23 Å². The summed E-state index contributed by atoms with van der Waals surface area (Å²) in [5.74, 6) is 4.09. The smallest absolute Gasteiger partial charge is 0.135 e. The van der Waals surface area contributed by atoms with E-state index in [1.807, 2.05) is 17.4 Å². The Morgan fingerprint density at radius 2 is 1.44 bits per heavy atom. The molecule has 0 amide bonds. The van der Waals surface area contributed by atoms with Crippen LogP contribution in [-0.2, 0) is 10.3 Å². The first-order valence-corrected chi connectivity index (χ1v) is 15.9. The predicted octanol–water partition coefficient (Wildman–Crippen LogP) is 11.0. The Morgan fingerprint density at radius 1 is 0.912 bits per heavy atom. The van der Waals surface area contributed by atoms with Gasteiger partial charge < -0.3 is 4.74 Å². The van der Waals surface area contributed by atoms with Gasteiger partial charge in [0.05, 0.1) is 9.78 Å². The lowest BCUT2D eigenvalue weighted by Gasteiger charge is -2.40. The number of hydrogen-bond donors (Lipinski definition) is 0. The fourth-order valence-corrected chi connectivity index (χ4v) is 7.31. The molecule has 0 aliphatic carbocycles. The van der Waals surface area contributed by atoms with Crippen LogP contribution < -0.4 is 0 Å². The molecule has 0 saturated heterocycles. The maximum Gasteiger partial charge on any atom is 0.135 e. The summed E-state index contributed by atoms with van der Waals surface area (Å²) >= 11 is 3.75. The van der Waals surface area contributed by atoms with Crippen LogP contribution in [0.3, 0.4) is 0 Å². The van der Waals surface area contributed by atoms with E-state index in [0.717, 1.165) is 42.3 Å². The first-order chi connectivity index (χ1) is 16.1. The van der Waals surface area contributed by atoms with Crippen LogP contribution in [0.2, 0.25) is 0 Å². The van der Waals surface area contributed by atoms with Crippen molar-refractivity contribution >= 4 is 28.0 Å². The molecule has 1 aliphatic rings. The van der Waals surface area contributed by atoms with Crippen molar-refractivity contribution in [1.82, 2.24) is 0 Å². The molecule has 1 aliphatic heterocycles. The average molecular weight is 505 g/mol. The second kappa shape index (κ2) is 14.2. The summed E-state index contributed by atoms with van der Waals surface area (Å²) in [6.45, 7) is 20.6. The maximum absolute atomic E-state index is 7.00. The first kappa shape index (κ1) is 29.6. The molecule has 0 radical (unpaired) electrons. The quantitative estimate of drug-likeness (QED) is 0.221. The average Bonchev–Trinajstić information content (AvgIpc) is 3.17. The molecular formula is C31H52OS2. The number of thiophene rings is 1. The number of aryl methyl sites for hydroxylation is 1. The molecule has 0 saturated carbocycles. The van der Waals surface area contributed by atoms with Gasteiger partial charge in [-0.1, -0.05) is 86.6 Å². The second-order valence-corrected chi connectivity index (χ2v) is 13.8. The lowest BCUT2D eigenvalue weighted by Crippen LogP contribution is -2.33. The van der Waals surface area contributed by atoms with E-state index in [-0.39, 0.29) is 5.60 Å². The molecule has 2 atom stereocenters. The molecular weight excluding hydrogens is 452 g/mol. The number of rotatable bonds is 16. The van der Waals surface area contributed by atoms with Crippen LogP contribution in [0.15, 0.2) is 24.5 Å². The molecule has 0 spiro atoms. The van der Waals surface area contributed by atoms with Gasteiger partial charge in [0.1, 0.15) is 11.4 Å². The Balaban J connectivity index is 2.23. The molecule has 2 rings (SSSR count). The monoisotopic (exact) mass is 504 g/mol. The molecule has 2 unspecified atom stereocenters. The second-order valence-electron chi connectivity index (χ2n) is 11.7. The minimum absolute atomic E-state index is 0.207. The minimum Gasteiger partial charge on any atom is -0.481 e. The number of allylic oxidation sites excluding steroid dienone is 1. The fraction of sp³-hybridized carbons (Fsp3) is 0.742. The number of hydrogen-bond acceptors (Lipinski definition) is 3. The van der Waals surface area contributed by atoms with Gasteiger partial charge in [0.15, 0.2) is 0 Å². The first-order valence-electron chi connectivity index (χ1n) is 13.8. The van der Waals surface area contributed by atoms with Crippen LogP contribution in [0, 0.1) is 30.6 Å². The van der Waals surface area contributed by atoms with Crippen molar-refractivity contribution in [2.75, 3.05) is 6.26 Å². The zero-order valence-electron chi connectivity index (χ0n) is 23.5. The van der Waals surface area contributed by atoms with Crippen molar-refractivity contribution < 1.29 is 4.74 Å². The van der Waals surface area contributed by atoms with E-state index < -0.39 is 0 Å². The van der Waals surface area contributed by atoms with Crippen molar-refractivity contribution in [2.24, 2.45) is 23.7 Å². The van der Waals surface area contributed by atoms with Crippen molar-refractivity contribution in [2.45, 2.75) is 118 Å². The van der Waals surface area contributed by atoms with Crippen LogP contribution in [0.5, 0.6) is 0 Å². The Labute approximate surface area is 220 Å². The summed E-state index contributed by atoms with van der Waals surface area (Å²) in [5.41, 5.74) is 1.25. The van der Waals surface area contributed by atoms with Gasteiger partial charge in [-0.2, -0.15) is 0 Å². The van der Waals surface area contributed by atoms with Gasteiger partial charge in [0.2, 0.25) is 0 Å². The van der Waals surface area contributed by atoms with Crippen LogP contribution >= 0.6 is 23.1 Å². The predicted molar refractivity (Wildman–Crippen MR) is 157 cm³/mol.